The molecular formula is C12H15N3O2. The van der Waals surface area contributed by atoms with Crippen molar-refractivity contribution >= 4 is 16.9 Å². The van der Waals surface area contributed by atoms with Gasteiger partial charge in [-0.3, -0.25) is 4.79 Å². The van der Waals surface area contributed by atoms with Crippen LogP contribution >= 0.6 is 0 Å². The fourth-order valence-corrected chi connectivity index (χ4v) is 1.78. The number of aliphatic hydroxyl groups excluding tert-OH is 1. The molecule has 17 heavy (non-hydrogen) atoms. The number of carbonyl (C=O) groups is 1. The Morgan fingerprint density at radius 1 is 1.53 bits per heavy atom. The Bertz CT molecular complexity index is 521. The number of aromatic nitrogens is 2. The normalized spacial score (nSPS) is 10.7. The monoisotopic (exact) mass is 233 g/mol. The van der Waals surface area contributed by atoms with Gasteiger partial charge in [0, 0.05) is 18.7 Å². The number of hydrogen-bond donors (Lipinski definition) is 2. The van der Waals surface area contributed by atoms with E-state index in [2.05, 4.69) is 9.97 Å². The average Bonchev–Trinajstić information content (AvgIpc) is 2.82. The van der Waals surface area contributed by atoms with Crippen LogP contribution in [-0.4, -0.2) is 45.6 Å². The van der Waals surface area contributed by atoms with Crippen molar-refractivity contribution in [1.29, 1.82) is 0 Å². The molecule has 1 aromatic carbocycles. The van der Waals surface area contributed by atoms with Gasteiger partial charge in [0.25, 0.3) is 5.91 Å². The van der Waals surface area contributed by atoms with Crippen LogP contribution in [0.15, 0.2) is 24.5 Å². The number of benzene rings is 1. The number of H-pyrrole nitrogens is 1. The average molecular weight is 233 g/mol. The van der Waals surface area contributed by atoms with Crippen LogP contribution in [0.4, 0.5) is 0 Å². The second kappa shape index (κ2) is 4.97. The lowest BCUT2D eigenvalue weighted by Crippen LogP contribution is -2.33. The third-order valence-corrected chi connectivity index (χ3v) is 2.71. The van der Waals surface area contributed by atoms with Crippen LogP contribution in [0.2, 0.25) is 0 Å². The first-order valence-corrected chi connectivity index (χ1v) is 5.59. The van der Waals surface area contributed by atoms with Gasteiger partial charge in [-0.05, 0) is 25.1 Å². The Balaban J connectivity index is 2.28. The predicted molar refractivity (Wildman–Crippen MR) is 64.8 cm³/mol. The van der Waals surface area contributed by atoms with Crippen LogP contribution in [0.5, 0.6) is 0 Å². The molecule has 0 fully saturated rings. The number of rotatable bonds is 4. The molecule has 1 aromatic heterocycles. The molecule has 0 unspecified atom stereocenters. The number of hydrogen-bond acceptors (Lipinski definition) is 3. The lowest BCUT2D eigenvalue weighted by Gasteiger charge is -2.19. The highest BCUT2D eigenvalue weighted by atomic mass is 16.3. The van der Waals surface area contributed by atoms with Gasteiger partial charge >= 0.3 is 0 Å². The fraction of sp³-hybridized carbons (Fsp3) is 0.333. The van der Waals surface area contributed by atoms with Crippen molar-refractivity contribution in [2.24, 2.45) is 0 Å². The summed E-state index contributed by atoms with van der Waals surface area (Å²) in [6.07, 6.45) is 1.60. The summed E-state index contributed by atoms with van der Waals surface area (Å²) in [5.41, 5.74) is 2.29. The highest BCUT2D eigenvalue weighted by Gasteiger charge is 2.14. The molecule has 0 aliphatic heterocycles. The Kier molecular flexibility index (Phi) is 3.39. The van der Waals surface area contributed by atoms with E-state index in [9.17, 15) is 4.79 Å². The Morgan fingerprint density at radius 3 is 3.06 bits per heavy atom. The van der Waals surface area contributed by atoms with E-state index in [0.29, 0.717) is 18.7 Å². The van der Waals surface area contributed by atoms with Crippen molar-refractivity contribution in [3.05, 3.63) is 30.1 Å². The molecule has 5 nitrogen and oxygen atoms in total. The van der Waals surface area contributed by atoms with Gasteiger partial charge in [0.1, 0.15) is 0 Å². The van der Waals surface area contributed by atoms with E-state index in [1.165, 1.54) is 0 Å². The minimum absolute atomic E-state index is 0.0219. The van der Waals surface area contributed by atoms with E-state index in [-0.39, 0.29) is 12.5 Å². The summed E-state index contributed by atoms with van der Waals surface area (Å²) in [5.74, 6) is -0.0712. The Labute approximate surface area is 99.1 Å². The van der Waals surface area contributed by atoms with Crippen molar-refractivity contribution in [2.45, 2.75) is 6.92 Å². The number of likely N-dealkylation sites (N-methyl/N-ethyl adjacent to an activating group) is 1. The van der Waals surface area contributed by atoms with Gasteiger partial charge in [-0.2, -0.15) is 0 Å². The first kappa shape index (κ1) is 11.6. The quantitative estimate of drug-likeness (QED) is 0.828. The van der Waals surface area contributed by atoms with E-state index in [4.69, 9.17) is 5.11 Å². The lowest BCUT2D eigenvalue weighted by atomic mass is 10.1. The third kappa shape index (κ3) is 2.29. The zero-order valence-corrected chi connectivity index (χ0v) is 9.68. The molecule has 0 aliphatic carbocycles. The predicted octanol–water partition coefficient (Wildman–Crippen LogP) is 1.02. The number of fused-ring (bicyclic) bond motifs is 1. The van der Waals surface area contributed by atoms with Gasteiger partial charge in [0.15, 0.2) is 0 Å². The summed E-state index contributed by atoms with van der Waals surface area (Å²) in [7, 11) is 0. The van der Waals surface area contributed by atoms with Gasteiger partial charge in [-0.15, -0.1) is 0 Å². The number of nitrogens with one attached hydrogen (secondary N) is 1. The third-order valence-electron chi connectivity index (χ3n) is 2.71. The van der Waals surface area contributed by atoms with Gasteiger partial charge in [-0.1, -0.05) is 0 Å². The summed E-state index contributed by atoms with van der Waals surface area (Å²) in [6, 6.07) is 5.35. The molecule has 0 atom stereocenters. The first-order chi connectivity index (χ1) is 8.26. The highest BCUT2D eigenvalue weighted by Crippen LogP contribution is 2.13. The lowest BCUT2D eigenvalue weighted by molar-refractivity contribution is 0.0732. The van der Waals surface area contributed by atoms with Crippen LogP contribution in [0.1, 0.15) is 17.3 Å². The molecule has 2 rings (SSSR count). The highest BCUT2D eigenvalue weighted by molar-refractivity contribution is 5.97. The summed E-state index contributed by atoms with van der Waals surface area (Å²) in [5, 5.41) is 8.89. The molecular weight excluding hydrogens is 218 g/mol. The molecule has 2 N–H and O–H groups in total. The maximum absolute atomic E-state index is 12.1. The SMILES string of the molecule is CCN(CCO)C(=O)c1ccc2nc[nH]c2c1. The van der Waals surface area contributed by atoms with Crippen LogP contribution in [0.25, 0.3) is 11.0 Å². The van der Waals surface area contributed by atoms with E-state index < -0.39 is 0 Å². The summed E-state index contributed by atoms with van der Waals surface area (Å²) in [6.45, 7) is 2.81. The molecule has 0 aliphatic rings. The van der Waals surface area contributed by atoms with Crippen molar-refractivity contribution in [3.8, 4) is 0 Å². The van der Waals surface area contributed by atoms with Gasteiger partial charge < -0.3 is 15.0 Å². The number of imidazole rings is 1. The van der Waals surface area contributed by atoms with E-state index in [1.807, 2.05) is 13.0 Å². The molecule has 0 saturated heterocycles. The molecule has 0 spiro atoms. The standard InChI is InChI=1S/C12H15N3O2/c1-2-15(5-6-16)12(17)9-3-4-10-11(7-9)14-8-13-10/h3-4,7-8,16H,2,5-6H2,1H3,(H,13,14). The maximum atomic E-state index is 12.1. The molecule has 2 aromatic rings. The van der Waals surface area contributed by atoms with Gasteiger partial charge in [-0.25, -0.2) is 4.98 Å². The number of aromatic amines is 1. The van der Waals surface area contributed by atoms with Crippen molar-refractivity contribution in [2.75, 3.05) is 19.7 Å². The summed E-state index contributed by atoms with van der Waals surface area (Å²) in [4.78, 5) is 20.8. The van der Waals surface area contributed by atoms with Crippen LogP contribution in [0.3, 0.4) is 0 Å². The zero-order chi connectivity index (χ0) is 12.3. The van der Waals surface area contributed by atoms with E-state index in [0.717, 1.165) is 11.0 Å². The van der Waals surface area contributed by atoms with Crippen LogP contribution < -0.4 is 0 Å². The number of carbonyl (C=O) groups excluding carboxylic acids is 1. The number of nitrogens with zero attached hydrogens (tertiary/aromatic N) is 2. The number of amides is 1. The first-order valence-electron chi connectivity index (χ1n) is 5.59. The minimum atomic E-state index is -0.0712. The van der Waals surface area contributed by atoms with E-state index >= 15 is 0 Å². The molecule has 90 valence electrons. The Hall–Kier alpha value is -1.88. The number of aliphatic hydroxyl groups is 1. The largest absolute Gasteiger partial charge is 0.395 e. The molecule has 0 bridgehead atoms. The second-order valence-corrected chi connectivity index (χ2v) is 3.74. The topological polar surface area (TPSA) is 69.2 Å². The zero-order valence-electron chi connectivity index (χ0n) is 9.68. The van der Waals surface area contributed by atoms with E-state index in [1.54, 1.807) is 23.4 Å². The second-order valence-electron chi connectivity index (χ2n) is 3.74. The van der Waals surface area contributed by atoms with Crippen molar-refractivity contribution in [3.63, 3.8) is 0 Å². The fourth-order valence-electron chi connectivity index (χ4n) is 1.78. The van der Waals surface area contributed by atoms with Crippen molar-refractivity contribution < 1.29 is 9.90 Å². The van der Waals surface area contributed by atoms with Gasteiger partial charge in [0.05, 0.1) is 24.0 Å². The minimum Gasteiger partial charge on any atom is -0.395 e. The molecule has 0 saturated carbocycles. The molecule has 5 heteroatoms. The summed E-state index contributed by atoms with van der Waals surface area (Å²) >= 11 is 0. The van der Waals surface area contributed by atoms with Crippen molar-refractivity contribution in [1.82, 2.24) is 14.9 Å². The van der Waals surface area contributed by atoms with Crippen LogP contribution in [-0.2, 0) is 0 Å². The summed E-state index contributed by atoms with van der Waals surface area (Å²) < 4.78 is 0. The Morgan fingerprint density at radius 2 is 2.35 bits per heavy atom. The molecule has 1 amide bonds. The van der Waals surface area contributed by atoms with Gasteiger partial charge in [0.2, 0.25) is 0 Å². The maximum Gasteiger partial charge on any atom is 0.254 e. The molecule has 1 heterocycles. The van der Waals surface area contributed by atoms with Crippen LogP contribution in [0, 0.1) is 0 Å². The smallest absolute Gasteiger partial charge is 0.254 e. The molecule has 0 radical (unpaired) electrons.